The van der Waals surface area contributed by atoms with E-state index in [-0.39, 0.29) is 18.2 Å². The standard InChI is InChI=1S/C11H10F3NO2/c12-11(13,14)9-4-2-1-3-8(9)10(16)15-5-7-6-17-7/h1-4,7H,5-6H2,(H,15,16). The van der Waals surface area contributed by atoms with Crippen LogP contribution < -0.4 is 5.32 Å². The van der Waals surface area contributed by atoms with Crippen LogP contribution in [0.1, 0.15) is 15.9 Å². The Hall–Kier alpha value is -1.56. The number of carbonyl (C=O) groups is 1. The van der Waals surface area contributed by atoms with Crippen molar-refractivity contribution >= 4 is 5.91 Å². The molecule has 1 aromatic carbocycles. The Balaban J connectivity index is 2.15. The van der Waals surface area contributed by atoms with Crippen molar-refractivity contribution in [2.24, 2.45) is 0 Å². The van der Waals surface area contributed by atoms with Crippen LogP contribution in [0.2, 0.25) is 0 Å². The van der Waals surface area contributed by atoms with Crippen molar-refractivity contribution in [2.45, 2.75) is 12.3 Å². The first-order valence-corrected chi connectivity index (χ1v) is 5.04. The van der Waals surface area contributed by atoms with Crippen molar-refractivity contribution in [3.05, 3.63) is 35.4 Å². The molecule has 0 bridgehead atoms. The molecule has 1 heterocycles. The fourth-order valence-electron chi connectivity index (χ4n) is 1.42. The van der Waals surface area contributed by atoms with Crippen molar-refractivity contribution in [1.29, 1.82) is 0 Å². The molecule has 3 nitrogen and oxygen atoms in total. The molecule has 1 fully saturated rings. The van der Waals surface area contributed by atoms with Crippen LogP contribution in [0.3, 0.4) is 0 Å². The molecule has 1 aliphatic heterocycles. The molecular weight excluding hydrogens is 235 g/mol. The SMILES string of the molecule is O=C(NCC1CO1)c1ccccc1C(F)(F)F. The number of alkyl halides is 3. The molecule has 92 valence electrons. The molecule has 1 amide bonds. The van der Waals surface area contributed by atoms with Gasteiger partial charge >= 0.3 is 6.18 Å². The molecular formula is C11H10F3NO2. The highest BCUT2D eigenvalue weighted by atomic mass is 19.4. The average Bonchev–Trinajstić information content (AvgIpc) is 3.08. The van der Waals surface area contributed by atoms with Crippen molar-refractivity contribution in [2.75, 3.05) is 13.2 Å². The quantitative estimate of drug-likeness (QED) is 0.825. The van der Waals surface area contributed by atoms with Crippen molar-refractivity contribution < 1.29 is 22.7 Å². The number of rotatable bonds is 3. The van der Waals surface area contributed by atoms with E-state index in [0.717, 1.165) is 12.1 Å². The van der Waals surface area contributed by atoms with E-state index in [0.29, 0.717) is 6.61 Å². The van der Waals surface area contributed by atoms with E-state index in [1.165, 1.54) is 12.1 Å². The summed E-state index contributed by atoms with van der Waals surface area (Å²) < 4.78 is 42.7. The van der Waals surface area contributed by atoms with Gasteiger partial charge in [-0.15, -0.1) is 0 Å². The molecule has 1 unspecified atom stereocenters. The minimum absolute atomic E-state index is 0.0583. The third-order valence-electron chi connectivity index (χ3n) is 2.37. The van der Waals surface area contributed by atoms with Crippen LogP contribution in [0.25, 0.3) is 0 Å². The predicted octanol–water partition coefficient (Wildman–Crippen LogP) is 1.83. The lowest BCUT2D eigenvalue weighted by molar-refractivity contribution is -0.137. The molecule has 1 aliphatic rings. The fraction of sp³-hybridized carbons (Fsp3) is 0.364. The van der Waals surface area contributed by atoms with Gasteiger partial charge in [0.25, 0.3) is 5.91 Å². The number of hydrogen-bond donors (Lipinski definition) is 1. The van der Waals surface area contributed by atoms with Crippen molar-refractivity contribution in [3.8, 4) is 0 Å². The summed E-state index contributed by atoms with van der Waals surface area (Å²) in [6, 6.07) is 4.70. The summed E-state index contributed by atoms with van der Waals surface area (Å²) >= 11 is 0. The summed E-state index contributed by atoms with van der Waals surface area (Å²) in [6.45, 7) is 0.784. The number of amides is 1. The van der Waals surface area contributed by atoms with E-state index < -0.39 is 17.6 Å². The number of halogens is 3. The summed E-state index contributed by atoms with van der Waals surface area (Å²) in [5.41, 5.74) is -1.28. The second kappa shape index (κ2) is 4.37. The molecule has 0 aliphatic carbocycles. The number of ether oxygens (including phenoxy) is 1. The van der Waals surface area contributed by atoms with E-state index in [2.05, 4.69) is 5.32 Å². The van der Waals surface area contributed by atoms with Crippen LogP contribution in [0.4, 0.5) is 13.2 Å². The van der Waals surface area contributed by atoms with Crippen molar-refractivity contribution in [1.82, 2.24) is 5.32 Å². The monoisotopic (exact) mass is 245 g/mol. The zero-order valence-electron chi connectivity index (χ0n) is 8.75. The number of benzene rings is 1. The van der Waals surface area contributed by atoms with Gasteiger partial charge in [-0.1, -0.05) is 12.1 Å². The predicted molar refractivity (Wildman–Crippen MR) is 53.5 cm³/mol. The van der Waals surface area contributed by atoms with Gasteiger partial charge < -0.3 is 10.1 Å². The Bertz CT molecular complexity index is 427. The minimum atomic E-state index is -4.52. The Kier molecular flexibility index (Phi) is 3.06. The van der Waals surface area contributed by atoms with Crippen LogP contribution in [0, 0.1) is 0 Å². The van der Waals surface area contributed by atoms with Gasteiger partial charge in [0, 0.05) is 6.54 Å². The lowest BCUT2D eigenvalue weighted by Crippen LogP contribution is -2.29. The maximum absolute atomic E-state index is 12.6. The largest absolute Gasteiger partial charge is 0.417 e. The molecule has 17 heavy (non-hydrogen) atoms. The lowest BCUT2D eigenvalue weighted by atomic mass is 10.1. The summed E-state index contributed by atoms with van der Waals surface area (Å²) in [6.07, 6.45) is -4.58. The molecule has 1 saturated heterocycles. The number of epoxide rings is 1. The van der Waals surface area contributed by atoms with Gasteiger partial charge in [0.2, 0.25) is 0 Å². The summed E-state index contributed by atoms with van der Waals surface area (Å²) in [5, 5.41) is 2.41. The molecule has 0 aromatic heterocycles. The molecule has 6 heteroatoms. The number of carbonyl (C=O) groups excluding carboxylic acids is 1. The second-order valence-corrected chi connectivity index (χ2v) is 3.71. The third-order valence-corrected chi connectivity index (χ3v) is 2.37. The van der Waals surface area contributed by atoms with E-state index >= 15 is 0 Å². The van der Waals surface area contributed by atoms with Crippen LogP contribution in [-0.4, -0.2) is 25.2 Å². The molecule has 0 radical (unpaired) electrons. The van der Waals surface area contributed by atoms with Gasteiger partial charge in [-0.05, 0) is 12.1 Å². The minimum Gasteiger partial charge on any atom is -0.371 e. The summed E-state index contributed by atoms with van der Waals surface area (Å²) in [5.74, 6) is -0.728. The summed E-state index contributed by atoms with van der Waals surface area (Å²) in [4.78, 5) is 11.6. The smallest absolute Gasteiger partial charge is 0.371 e. The van der Waals surface area contributed by atoms with Crippen LogP contribution in [0.15, 0.2) is 24.3 Å². The molecule has 1 atom stereocenters. The first-order valence-electron chi connectivity index (χ1n) is 5.04. The zero-order valence-corrected chi connectivity index (χ0v) is 8.75. The van der Waals surface area contributed by atoms with Gasteiger partial charge in [0.15, 0.2) is 0 Å². The maximum atomic E-state index is 12.6. The highest BCUT2D eigenvalue weighted by Crippen LogP contribution is 2.31. The second-order valence-electron chi connectivity index (χ2n) is 3.71. The highest BCUT2D eigenvalue weighted by molar-refractivity contribution is 5.95. The highest BCUT2D eigenvalue weighted by Gasteiger charge is 2.35. The third kappa shape index (κ3) is 2.97. The molecule has 1 N–H and O–H groups in total. The van der Waals surface area contributed by atoms with E-state index in [1.807, 2.05) is 0 Å². The Morgan fingerprint density at radius 2 is 2.06 bits per heavy atom. The van der Waals surface area contributed by atoms with Gasteiger partial charge in [0.1, 0.15) is 0 Å². The van der Waals surface area contributed by atoms with Gasteiger partial charge in [-0.25, -0.2) is 0 Å². The molecule has 2 rings (SSSR count). The Labute approximate surface area is 95.6 Å². The first-order chi connectivity index (χ1) is 7.98. The maximum Gasteiger partial charge on any atom is 0.417 e. The summed E-state index contributed by atoms with van der Waals surface area (Å²) in [7, 11) is 0. The molecule has 0 spiro atoms. The Morgan fingerprint density at radius 1 is 1.41 bits per heavy atom. The fourth-order valence-corrected chi connectivity index (χ4v) is 1.42. The Morgan fingerprint density at radius 3 is 2.65 bits per heavy atom. The van der Waals surface area contributed by atoms with Gasteiger partial charge in [-0.3, -0.25) is 4.79 Å². The number of nitrogens with one attached hydrogen (secondary N) is 1. The molecule has 1 aromatic rings. The van der Waals surface area contributed by atoms with E-state index in [1.54, 1.807) is 0 Å². The average molecular weight is 245 g/mol. The van der Waals surface area contributed by atoms with Crippen LogP contribution in [-0.2, 0) is 10.9 Å². The van der Waals surface area contributed by atoms with Gasteiger partial charge in [-0.2, -0.15) is 13.2 Å². The first kappa shape index (κ1) is 11.9. The van der Waals surface area contributed by atoms with Crippen molar-refractivity contribution in [3.63, 3.8) is 0 Å². The van der Waals surface area contributed by atoms with E-state index in [9.17, 15) is 18.0 Å². The zero-order chi connectivity index (χ0) is 12.5. The van der Waals surface area contributed by atoms with Crippen LogP contribution in [0.5, 0.6) is 0 Å². The number of hydrogen-bond acceptors (Lipinski definition) is 2. The molecule has 0 saturated carbocycles. The van der Waals surface area contributed by atoms with Crippen LogP contribution >= 0.6 is 0 Å². The lowest BCUT2D eigenvalue weighted by Gasteiger charge is -2.12. The topological polar surface area (TPSA) is 41.6 Å². The normalized spacial score (nSPS) is 18.9. The van der Waals surface area contributed by atoms with Gasteiger partial charge in [0.05, 0.1) is 23.8 Å². The van der Waals surface area contributed by atoms with E-state index in [4.69, 9.17) is 4.74 Å².